The number of hydrogen-bond donors (Lipinski definition) is 1. The molecule has 0 spiro atoms. The summed E-state index contributed by atoms with van der Waals surface area (Å²) in [7, 11) is 0. The Balaban J connectivity index is 1.48. The number of carbonyl (C=O) groups is 1. The summed E-state index contributed by atoms with van der Waals surface area (Å²) >= 11 is 15.3. The van der Waals surface area contributed by atoms with Crippen molar-refractivity contribution in [3.05, 3.63) is 33.8 Å². The second kappa shape index (κ2) is 9.56. The minimum Gasteiger partial charge on any atom is -0.300 e. The van der Waals surface area contributed by atoms with E-state index in [1.54, 1.807) is 17.8 Å². The molecule has 2 heterocycles. The molecule has 0 radical (unpaired) electrons. The van der Waals surface area contributed by atoms with Gasteiger partial charge in [0.05, 0.1) is 0 Å². The zero-order valence-electron chi connectivity index (χ0n) is 15.2. The lowest BCUT2D eigenvalue weighted by molar-refractivity contribution is -0.121. The summed E-state index contributed by atoms with van der Waals surface area (Å²) < 4.78 is 0.884. The van der Waals surface area contributed by atoms with Crippen molar-refractivity contribution >= 4 is 57.3 Å². The first kappa shape index (κ1) is 20.9. The SMILES string of the molecule is CC(C)Sc1nnc(NC(=O)C2CCN(Cc3ccc(Cl)cc3Cl)CC2)s1. The first-order valence-corrected chi connectivity index (χ1v) is 11.3. The molecule has 1 aliphatic rings. The fourth-order valence-corrected chi connectivity index (χ4v) is 5.41. The van der Waals surface area contributed by atoms with Gasteiger partial charge in [-0.15, -0.1) is 10.2 Å². The highest BCUT2D eigenvalue weighted by molar-refractivity contribution is 8.01. The van der Waals surface area contributed by atoms with Crippen molar-refractivity contribution in [3.63, 3.8) is 0 Å². The number of amides is 1. The van der Waals surface area contributed by atoms with E-state index in [4.69, 9.17) is 23.2 Å². The number of halogens is 2. The Kier molecular flexibility index (Phi) is 7.39. The first-order valence-electron chi connectivity index (χ1n) is 8.88. The highest BCUT2D eigenvalue weighted by Gasteiger charge is 2.26. The van der Waals surface area contributed by atoms with Crippen LogP contribution in [0.25, 0.3) is 0 Å². The summed E-state index contributed by atoms with van der Waals surface area (Å²) in [5, 5.41) is 13.5. The molecule has 0 aliphatic carbocycles. The summed E-state index contributed by atoms with van der Waals surface area (Å²) in [5.41, 5.74) is 1.06. The van der Waals surface area contributed by atoms with E-state index in [0.717, 1.165) is 42.4 Å². The number of rotatable bonds is 6. The molecule has 1 amide bonds. The number of hydrogen-bond acceptors (Lipinski definition) is 6. The lowest BCUT2D eigenvalue weighted by Gasteiger charge is -2.31. The molecule has 27 heavy (non-hydrogen) atoms. The monoisotopic (exact) mass is 444 g/mol. The predicted molar refractivity (Wildman–Crippen MR) is 114 cm³/mol. The maximum Gasteiger partial charge on any atom is 0.229 e. The molecule has 0 unspecified atom stereocenters. The van der Waals surface area contributed by atoms with Crippen LogP contribution in [0.2, 0.25) is 10.0 Å². The van der Waals surface area contributed by atoms with Gasteiger partial charge in [-0.2, -0.15) is 0 Å². The van der Waals surface area contributed by atoms with Crippen molar-refractivity contribution in [2.75, 3.05) is 18.4 Å². The number of piperidine rings is 1. The number of nitrogens with one attached hydrogen (secondary N) is 1. The zero-order chi connectivity index (χ0) is 19.4. The molecule has 1 N–H and O–H groups in total. The van der Waals surface area contributed by atoms with Crippen LogP contribution >= 0.6 is 46.3 Å². The van der Waals surface area contributed by atoms with Crippen molar-refractivity contribution in [1.82, 2.24) is 15.1 Å². The van der Waals surface area contributed by atoms with Gasteiger partial charge >= 0.3 is 0 Å². The van der Waals surface area contributed by atoms with Crippen molar-refractivity contribution < 1.29 is 4.79 Å². The summed E-state index contributed by atoms with van der Waals surface area (Å²) in [6.07, 6.45) is 1.65. The fourth-order valence-electron chi connectivity index (χ4n) is 2.96. The lowest BCUT2D eigenvalue weighted by Crippen LogP contribution is -2.37. The van der Waals surface area contributed by atoms with Crippen molar-refractivity contribution in [3.8, 4) is 0 Å². The van der Waals surface area contributed by atoms with Gasteiger partial charge in [0.25, 0.3) is 0 Å². The molecule has 1 aromatic heterocycles. The Bertz CT molecular complexity index is 791. The van der Waals surface area contributed by atoms with Gasteiger partial charge in [-0.05, 0) is 43.6 Å². The largest absolute Gasteiger partial charge is 0.300 e. The highest BCUT2D eigenvalue weighted by Crippen LogP contribution is 2.30. The summed E-state index contributed by atoms with van der Waals surface area (Å²) in [6, 6.07) is 5.59. The van der Waals surface area contributed by atoms with Crippen LogP contribution < -0.4 is 5.32 Å². The molecule has 1 aromatic carbocycles. The minimum atomic E-state index is 0.00652. The molecular weight excluding hydrogens is 423 g/mol. The van der Waals surface area contributed by atoms with E-state index in [1.807, 2.05) is 12.1 Å². The van der Waals surface area contributed by atoms with Crippen molar-refractivity contribution in [1.29, 1.82) is 0 Å². The topological polar surface area (TPSA) is 58.1 Å². The third-order valence-electron chi connectivity index (χ3n) is 4.34. The summed E-state index contributed by atoms with van der Waals surface area (Å²) in [4.78, 5) is 14.8. The van der Waals surface area contributed by atoms with Gasteiger partial charge in [-0.25, -0.2) is 0 Å². The number of nitrogens with zero attached hydrogens (tertiary/aromatic N) is 3. The number of aromatic nitrogens is 2. The minimum absolute atomic E-state index is 0.00652. The number of carbonyl (C=O) groups excluding carboxylic acids is 1. The average Bonchev–Trinajstić information content (AvgIpc) is 3.04. The standard InChI is InChI=1S/C18H22Cl2N4OS2/c1-11(2)26-18-23-22-17(27-18)21-16(25)12-5-7-24(8-6-12)10-13-3-4-14(19)9-15(13)20/h3-4,9,11-12H,5-8,10H2,1-2H3,(H,21,22,25). The molecule has 0 atom stereocenters. The van der Waals surface area contributed by atoms with E-state index in [9.17, 15) is 4.79 Å². The van der Waals surface area contributed by atoms with Gasteiger partial charge in [-0.1, -0.05) is 66.2 Å². The van der Waals surface area contributed by atoms with Crippen LogP contribution in [0.4, 0.5) is 5.13 Å². The van der Waals surface area contributed by atoms with Crippen LogP contribution in [0.15, 0.2) is 22.5 Å². The number of anilines is 1. The Morgan fingerprint density at radius 3 is 2.74 bits per heavy atom. The van der Waals surface area contributed by atoms with Gasteiger partial charge in [0.2, 0.25) is 11.0 Å². The van der Waals surface area contributed by atoms with Crippen molar-refractivity contribution in [2.24, 2.45) is 5.92 Å². The van der Waals surface area contributed by atoms with Gasteiger partial charge < -0.3 is 5.32 Å². The average molecular weight is 445 g/mol. The number of likely N-dealkylation sites (tertiary alicyclic amines) is 1. The highest BCUT2D eigenvalue weighted by atomic mass is 35.5. The molecule has 1 fully saturated rings. The molecule has 0 saturated carbocycles. The van der Waals surface area contributed by atoms with Crippen LogP contribution in [0.1, 0.15) is 32.3 Å². The second-order valence-corrected chi connectivity index (χ2v) is 10.5. The summed E-state index contributed by atoms with van der Waals surface area (Å²) in [6.45, 7) is 6.71. The van der Waals surface area contributed by atoms with Crippen LogP contribution in [0.3, 0.4) is 0 Å². The first-order chi connectivity index (χ1) is 12.9. The maximum atomic E-state index is 12.5. The zero-order valence-corrected chi connectivity index (χ0v) is 18.4. The molecule has 3 rings (SSSR count). The molecule has 1 aliphatic heterocycles. The summed E-state index contributed by atoms with van der Waals surface area (Å²) in [5.74, 6) is 0.0449. The number of thioether (sulfide) groups is 1. The van der Waals surface area contributed by atoms with Gasteiger partial charge in [0.15, 0.2) is 4.34 Å². The van der Waals surface area contributed by atoms with E-state index in [0.29, 0.717) is 20.4 Å². The second-order valence-electron chi connectivity index (χ2n) is 6.82. The van der Waals surface area contributed by atoms with Gasteiger partial charge in [-0.3, -0.25) is 9.69 Å². The molecule has 146 valence electrons. The Morgan fingerprint density at radius 2 is 2.07 bits per heavy atom. The Hall–Kier alpha value is -0.860. The van der Waals surface area contributed by atoms with Crippen LogP contribution in [0.5, 0.6) is 0 Å². The maximum absolute atomic E-state index is 12.5. The Labute approximate surface area is 177 Å². The molecule has 0 bridgehead atoms. The molecule has 2 aromatic rings. The number of benzene rings is 1. The predicted octanol–water partition coefficient (Wildman–Crippen LogP) is 5.20. The van der Waals surface area contributed by atoms with Crippen LogP contribution in [0, 0.1) is 5.92 Å². The third kappa shape index (κ3) is 6.06. The molecule has 1 saturated heterocycles. The Morgan fingerprint density at radius 1 is 1.33 bits per heavy atom. The third-order valence-corrected chi connectivity index (χ3v) is 6.85. The van der Waals surface area contributed by atoms with Gasteiger partial charge in [0, 0.05) is 27.8 Å². The molecule has 5 nitrogen and oxygen atoms in total. The van der Waals surface area contributed by atoms with Crippen LogP contribution in [-0.2, 0) is 11.3 Å². The van der Waals surface area contributed by atoms with E-state index < -0.39 is 0 Å². The lowest BCUT2D eigenvalue weighted by atomic mass is 9.95. The molecular formula is C18H22Cl2N4OS2. The fraction of sp³-hybridized carbons (Fsp3) is 0.500. The van der Waals surface area contributed by atoms with E-state index in [-0.39, 0.29) is 11.8 Å². The molecule has 9 heteroatoms. The van der Waals surface area contributed by atoms with Gasteiger partial charge in [0.1, 0.15) is 0 Å². The van der Waals surface area contributed by atoms with Crippen molar-refractivity contribution in [2.45, 2.75) is 42.8 Å². The normalized spacial score (nSPS) is 16.0. The van der Waals surface area contributed by atoms with Crippen LogP contribution in [-0.4, -0.2) is 39.3 Å². The smallest absolute Gasteiger partial charge is 0.229 e. The quantitative estimate of drug-likeness (QED) is 0.490. The van der Waals surface area contributed by atoms with E-state index in [2.05, 4.69) is 34.3 Å². The van der Waals surface area contributed by atoms with E-state index in [1.165, 1.54) is 11.3 Å². The van der Waals surface area contributed by atoms with E-state index >= 15 is 0 Å².